The van der Waals surface area contributed by atoms with Crippen molar-refractivity contribution >= 4 is 5.78 Å². The fourth-order valence-corrected chi connectivity index (χ4v) is 3.69. The van der Waals surface area contributed by atoms with E-state index in [1.165, 1.54) is 0 Å². The number of nitrogens with zero attached hydrogens (tertiary/aromatic N) is 1. The molecule has 3 rings (SSSR count). The number of para-hydroxylation sites is 1. The van der Waals surface area contributed by atoms with Crippen LogP contribution in [-0.2, 0) is 10.2 Å². The van der Waals surface area contributed by atoms with Crippen molar-refractivity contribution in [2.24, 2.45) is 0 Å². The van der Waals surface area contributed by atoms with Crippen LogP contribution in [-0.4, -0.2) is 23.1 Å². The van der Waals surface area contributed by atoms with Gasteiger partial charge in [0.1, 0.15) is 11.5 Å². The van der Waals surface area contributed by atoms with E-state index in [4.69, 9.17) is 9.47 Å². The molecule has 0 radical (unpaired) electrons. The van der Waals surface area contributed by atoms with Crippen molar-refractivity contribution in [2.45, 2.75) is 52.4 Å². The summed E-state index contributed by atoms with van der Waals surface area (Å²) in [6, 6.07) is 13.9. The van der Waals surface area contributed by atoms with Crippen LogP contribution in [0.25, 0.3) is 0 Å². The second-order valence-corrected chi connectivity index (χ2v) is 8.67. The van der Waals surface area contributed by atoms with Crippen molar-refractivity contribution in [1.82, 2.24) is 10.2 Å². The summed E-state index contributed by atoms with van der Waals surface area (Å²) in [7, 11) is 1.63. The smallest absolute Gasteiger partial charge is 0.169 e. The maximum absolute atomic E-state index is 11.9. The number of aromatic nitrogens is 2. The van der Waals surface area contributed by atoms with E-state index in [0.29, 0.717) is 17.9 Å². The van der Waals surface area contributed by atoms with Crippen molar-refractivity contribution in [3.63, 3.8) is 0 Å². The Balaban J connectivity index is 1.99. The number of aryl methyl sites for hydroxylation is 1. The van der Waals surface area contributed by atoms with Crippen LogP contribution in [0.15, 0.2) is 48.7 Å². The zero-order chi connectivity index (χ0) is 21.9. The number of aromatic amines is 1. The normalized spacial score (nSPS) is 12.5. The molecule has 0 aliphatic rings. The Morgan fingerprint density at radius 3 is 2.43 bits per heavy atom. The first-order valence-electron chi connectivity index (χ1n) is 10.1. The van der Waals surface area contributed by atoms with Gasteiger partial charge in [-0.2, -0.15) is 5.10 Å². The Morgan fingerprint density at radius 2 is 1.83 bits per heavy atom. The van der Waals surface area contributed by atoms with E-state index < -0.39 is 0 Å². The van der Waals surface area contributed by atoms with Gasteiger partial charge < -0.3 is 9.47 Å². The van der Waals surface area contributed by atoms with Crippen LogP contribution >= 0.6 is 0 Å². The van der Waals surface area contributed by atoms with Gasteiger partial charge in [0.05, 0.1) is 13.3 Å². The lowest BCUT2D eigenvalue weighted by molar-refractivity contribution is -0.117. The monoisotopic (exact) mass is 406 g/mol. The van der Waals surface area contributed by atoms with Gasteiger partial charge in [0.15, 0.2) is 11.5 Å². The number of Topliss-reactive ketones (excluding diaryl/α,β-unsaturated/α-hetero) is 1. The molecule has 0 spiro atoms. The molecule has 0 amide bonds. The summed E-state index contributed by atoms with van der Waals surface area (Å²) in [4.78, 5) is 11.9. The Bertz CT molecular complexity index is 1030. The largest absolute Gasteiger partial charge is 0.493 e. The molecule has 3 aromatic rings. The molecule has 1 N–H and O–H groups in total. The number of ether oxygens (including phenoxy) is 2. The molecule has 0 aliphatic carbocycles. The number of nitrogens with one attached hydrogen (secondary N) is 1. The molecule has 2 aromatic carbocycles. The highest BCUT2D eigenvalue weighted by molar-refractivity contribution is 5.77. The molecule has 5 nitrogen and oxygen atoms in total. The first-order valence-corrected chi connectivity index (χ1v) is 10.1. The SMILES string of the molecule is COc1cc(C(CC(C)=O)c2cn[nH]c2C)ccc1Oc1ccccc1C(C)(C)C. The zero-order valence-electron chi connectivity index (χ0n) is 18.6. The summed E-state index contributed by atoms with van der Waals surface area (Å²) in [6.07, 6.45) is 2.19. The maximum atomic E-state index is 11.9. The van der Waals surface area contributed by atoms with E-state index in [1.807, 2.05) is 43.3 Å². The van der Waals surface area contributed by atoms with E-state index >= 15 is 0 Å². The lowest BCUT2D eigenvalue weighted by Crippen LogP contribution is -2.12. The molecule has 5 heteroatoms. The number of ketones is 1. The number of hydrogen-bond acceptors (Lipinski definition) is 4. The van der Waals surface area contributed by atoms with E-state index in [1.54, 1.807) is 20.2 Å². The Hall–Kier alpha value is -3.08. The number of methoxy groups -OCH3 is 1. The van der Waals surface area contributed by atoms with Crippen LogP contribution < -0.4 is 9.47 Å². The minimum atomic E-state index is -0.0916. The first kappa shape index (κ1) is 21.6. The summed E-state index contributed by atoms with van der Waals surface area (Å²) in [5, 5.41) is 7.10. The van der Waals surface area contributed by atoms with Crippen LogP contribution in [0.1, 0.15) is 62.4 Å². The van der Waals surface area contributed by atoms with Gasteiger partial charge in [0.25, 0.3) is 0 Å². The third kappa shape index (κ3) is 4.73. The Morgan fingerprint density at radius 1 is 1.10 bits per heavy atom. The quantitative estimate of drug-likeness (QED) is 0.528. The van der Waals surface area contributed by atoms with Crippen LogP contribution in [0.3, 0.4) is 0 Å². The predicted molar refractivity (Wildman–Crippen MR) is 119 cm³/mol. The summed E-state index contributed by atoms with van der Waals surface area (Å²) in [6.45, 7) is 10.1. The molecule has 158 valence electrons. The molecule has 1 aromatic heterocycles. The molecule has 1 heterocycles. The highest BCUT2D eigenvalue weighted by Gasteiger charge is 2.23. The average Bonchev–Trinajstić information content (AvgIpc) is 3.11. The molecule has 0 saturated heterocycles. The highest BCUT2D eigenvalue weighted by Crippen LogP contribution is 2.40. The molecule has 1 unspecified atom stereocenters. The molecular formula is C25H30N2O3. The molecule has 0 fully saturated rings. The van der Waals surface area contributed by atoms with E-state index in [9.17, 15) is 4.79 Å². The van der Waals surface area contributed by atoms with Gasteiger partial charge in [0.2, 0.25) is 0 Å². The lowest BCUT2D eigenvalue weighted by Gasteiger charge is -2.23. The first-order chi connectivity index (χ1) is 14.2. The number of hydrogen-bond donors (Lipinski definition) is 1. The topological polar surface area (TPSA) is 64.2 Å². The zero-order valence-corrected chi connectivity index (χ0v) is 18.6. The Kier molecular flexibility index (Phi) is 6.30. The number of H-pyrrole nitrogens is 1. The van der Waals surface area contributed by atoms with Crippen molar-refractivity contribution < 1.29 is 14.3 Å². The summed E-state index contributed by atoms with van der Waals surface area (Å²) < 4.78 is 11.9. The number of rotatable bonds is 7. The highest BCUT2D eigenvalue weighted by atomic mass is 16.5. The Labute approximate surface area is 178 Å². The summed E-state index contributed by atoms with van der Waals surface area (Å²) >= 11 is 0. The van der Waals surface area contributed by atoms with Gasteiger partial charge in [-0.1, -0.05) is 45.0 Å². The molecule has 0 saturated carbocycles. The van der Waals surface area contributed by atoms with E-state index in [0.717, 1.165) is 28.1 Å². The molecular weight excluding hydrogens is 376 g/mol. The average molecular weight is 407 g/mol. The summed E-state index contributed by atoms with van der Waals surface area (Å²) in [5.41, 5.74) is 4.04. The van der Waals surface area contributed by atoms with Gasteiger partial charge in [-0.05, 0) is 43.0 Å². The maximum Gasteiger partial charge on any atom is 0.169 e. The lowest BCUT2D eigenvalue weighted by atomic mass is 9.86. The fourth-order valence-electron chi connectivity index (χ4n) is 3.69. The van der Waals surface area contributed by atoms with Crippen molar-refractivity contribution in [1.29, 1.82) is 0 Å². The van der Waals surface area contributed by atoms with Crippen LogP contribution in [0.2, 0.25) is 0 Å². The minimum Gasteiger partial charge on any atom is -0.493 e. The van der Waals surface area contributed by atoms with Crippen LogP contribution in [0.5, 0.6) is 17.2 Å². The molecule has 0 aliphatic heterocycles. The number of carbonyl (C=O) groups excluding carboxylic acids is 1. The minimum absolute atomic E-state index is 0.0465. The second-order valence-electron chi connectivity index (χ2n) is 8.67. The number of carbonyl (C=O) groups is 1. The molecule has 1 atom stereocenters. The van der Waals surface area contributed by atoms with Gasteiger partial charge in [0, 0.05) is 29.2 Å². The third-order valence-electron chi connectivity index (χ3n) is 5.24. The third-order valence-corrected chi connectivity index (χ3v) is 5.24. The fraction of sp³-hybridized carbons (Fsp3) is 0.360. The van der Waals surface area contributed by atoms with Crippen molar-refractivity contribution in [3.05, 3.63) is 71.0 Å². The van der Waals surface area contributed by atoms with E-state index in [-0.39, 0.29) is 17.1 Å². The number of benzene rings is 2. The predicted octanol–water partition coefficient (Wildman–Crippen LogP) is 5.93. The van der Waals surface area contributed by atoms with Gasteiger partial charge >= 0.3 is 0 Å². The van der Waals surface area contributed by atoms with Gasteiger partial charge in [-0.15, -0.1) is 0 Å². The molecule has 30 heavy (non-hydrogen) atoms. The van der Waals surface area contributed by atoms with Crippen molar-refractivity contribution in [3.8, 4) is 17.2 Å². The second kappa shape index (κ2) is 8.74. The van der Waals surface area contributed by atoms with Crippen LogP contribution in [0, 0.1) is 6.92 Å². The standard InChI is InChI=1S/C25H30N2O3/c1-16(28)13-19(20-15-26-27-17(20)2)18-11-12-23(24(14-18)29-6)30-22-10-8-7-9-21(22)25(3,4)5/h7-12,14-15,19H,13H2,1-6H3,(H,26,27). The van der Waals surface area contributed by atoms with Gasteiger partial charge in [-0.25, -0.2) is 0 Å². The summed E-state index contributed by atoms with van der Waals surface area (Å²) in [5.74, 6) is 2.11. The van der Waals surface area contributed by atoms with Crippen molar-refractivity contribution in [2.75, 3.05) is 7.11 Å². The molecule has 0 bridgehead atoms. The van der Waals surface area contributed by atoms with E-state index in [2.05, 4.69) is 37.0 Å². The van der Waals surface area contributed by atoms with Gasteiger partial charge in [-0.3, -0.25) is 9.89 Å². The van der Waals surface area contributed by atoms with Crippen LogP contribution in [0.4, 0.5) is 0 Å².